The van der Waals surface area contributed by atoms with E-state index in [4.69, 9.17) is 5.73 Å². The summed E-state index contributed by atoms with van der Waals surface area (Å²) in [5.74, 6) is 0.985. The summed E-state index contributed by atoms with van der Waals surface area (Å²) >= 11 is 1.45. The topological polar surface area (TPSA) is 100 Å². The molecule has 1 saturated heterocycles. The Morgan fingerprint density at radius 3 is 2.96 bits per heavy atom. The standard InChI is InChI=1S/C18H21N7OS/c1-11-4-3-5-13(8-11)21-18(26)24-6-7-25(12(2)9-24)15-14-16(27-10-20-14)23-17(19)22-15/h3-5,8,10,12H,6-7,9H2,1-2H3,(H,21,26)(H2,19,22,23)/t12-/m0/s1. The van der Waals surface area contributed by atoms with Gasteiger partial charge < -0.3 is 20.9 Å². The van der Waals surface area contributed by atoms with Gasteiger partial charge in [0.05, 0.1) is 5.51 Å². The van der Waals surface area contributed by atoms with Crippen LogP contribution in [0.2, 0.25) is 0 Å². The number of nitrogens with zero attached hydrogens (tertiary/aromatic N) is 5. The van der Waals surface area contributed by atoms with Gasteiger partial charge >= 0.3 is 6.03 Å². The maximum atomic E-state index is 12.6. The molecule has 9 heteroatoms. The molecule has 4 rings (SSSR count). The SMILES string of the molecule is Cc1cccc(NC(=O)N2CCN(c3nc(N)nc4scnc34)[C@@H](C)C2)c1. The highest BCUT2D eigenvalue weighted by molar-refractivity contribution is 7.16. The molecule has 140 valence electrons. The number of carbonyl (C=O) groups is 1. The summed E-state index contributed by atoms with van der Waals surface area (Å²) in [6.07, 6.45) is 0. The van der Waals surface area contributed by atoms with Crippen molar-refractivity contribution in [1.29, 1.82) is 0 Å². The number of nitrogens with two attached hydrogens (primary N) is 1. The third kappa shape index (κ3) is 3.50. The molecular weight excluding hydrogens is 362 g/mol. The number of aryl methyl sites for hydroxylation is 1. The molecule has 0 unspecified atom stereocenters. The van der Waals surface area contributed by atoms with E-state index in [9.17, 15) is 4.79 Å². The summed E-state index contributed by atoms with van der Waals surface area (Å²) < 4.78 is 0. The van der Waals surface area contributed by atoms with Gasteiger partial charge in [-0.05, 0) is 31.5 Å². The molecule has 0 saturated carbocycles. The number of carbonyl (C=O) groups excluding carboxylic acids is 1. The van der Waals surface area contributed by atoms with Crippen LogP contribution in [0, 0.1) is 6.92 Å². The van der Waals surface area contributed by atoms with Crippen LogP contribution in [0.25, 0.3) is 10.3 Å². The van der Waals surface area contributed by atoms with Gasteiger partial charge in [0.15, 0.2) is 10.6 Å². The van der Waals surface area contributed by atoms with Crippen LogP contribution in [0.5, 0.6) is 0 Å². The maximum Gasteiger partial charge on any atom is 0.321 e. The predicted molar refractivity (Wildman–Crippen MR) is 108 cm³/mol. The zero-order valence-corrected chi connectivity index (χ0v) is 16.0. The largest absolute Gasteiger partial charge is 0.368 e. The quantitative estimate of drug-likeness (QED) is 0.706. The number of hydrogen-bond acceptors (Lipinski definition) is 7. The Kier molecular flexibility index (Phi) is 4.53. The van der Waals surface area contributed by atoms with Crippen LogP contribution in [0.15, 0.2) is 29.8 Å². The second-order valence-electron chi connectivity index (χ2n) is 6.70. The van der Waals surface area contributed by atoms with E-state index in [1.807, 2.05) is 36.1 Å². The van der Waals surface area contributed by atoms with Gasteiger partial charge in [-0.1, -0.05) is 12.1 Å². The minimum absolute atomic E-state index is 0.0845. The van der Waals surface area contributed by atoms with Gasteiger partial charge in [-0.15, -0.1) is 11.3 Å². The van der Waals surface area contributed by atoms with E-state index >= 15 is 0 Å². The van der Waals surface area contributed by atoms with E-state index in [0.717, 1.165) is 27.4 Å². The highest BCUT2D eigenvalue weighted by atomic mass is 32.1. The fourth-order valence-corrected chi connectivity index (χ4v) is 4.01. The second-order valence-corrected chi connectivity index (χ2v) is 7.53. The second kappa shape index (κ2) is 6.99. The fourth-order valence-electron chi connectivity index (χ4n) is 3.35. The van der Waals surface area contributed by atoms with Gasteiger partial charge in [-0.3, -0.25) is 0 Å². The Hall–Kier alpha value is -2.94. The molecule has 1 aliphatic rings. The Balaban J connectivity index is 1.49. The number of amides is 2. The summed E-state index contributed by atoms with van der Waals surface area (Å²) in [4.78, 5) is 30.4. The molecule has 1 fully saturated rings. The highest BCUT2D eigenvalue weighted by Gasteiger charge is 2.29. The summed E-state index contributed by atoms with van der Waals surface area (Å²) in [7, 11) is 0. The van der Waals surface area contributed by atoms with Crippen LogP contribution < -0.4 is 16.0 Å². The number of piperazine rings is 1. The molecule has 1 aliphatic heterocycles. The van der Waals surface area contributed by atoms with Crippen molar-refractivity contribution in [3.8, 4) is 0 Å². The van der Waals surface area contributed by atoms with Crippen LogP contribution in [0.3, 0.4) is 0 Å². The first-order valence-electron chi connectivity index (χ1n) is 8.77. The molecule has 2 amide bonds. The van der Waals surface area contributed by atoms with E-state index < -0.39 is 0 Å². The van der Waals surface area contributed by atoms with Gasteiger partial charge in [-0.2, -0.15) is 4.98 Å². The molecule has 1 aromatic carbocycles. The lowest BCUT2D eigenvalue weighted by Gasteiger charge is -2.40. The fraction of sp³-hybridized carbons (Fsp3) is 0.333. The molecule has 1 atom stereocenters. The molecule has 2 aromatic heterocycles. The first-order valence-corrected chi connectivity index (χ1v) is 9.65. The normalized spacial score (nSPS) is 17.3. The molecule has 0 bridgehead atoms. The smallest absolute Gasteiger partial charge is 0.321 e. The highest BCUT2D eigenvalue weighted by Crippen LogP contribution is 2.28. The van der Waals surface area contributed by atoms with E-state index in [0.29, 0.717) is 19.6 Å². The van der Waals surface area contributed by atoms with Crippen molar-refractivity contribution in [2.75, 3.05) is 35.6 Å². The van der Waals surface area contributed by atoms with Crippen LogP contribution in [0.1, 0.15) is 12.5 Å². The number of urea groups is 1. The molecule has 0 spiro atoms. The Labute approximate surface area is 161 Å². The molecule has 27 heavy (non-hydrogen) atoms. The number of nitrogen functional groups attached to an aromatic ring is 1. The summed E-state index contributed by atoms with van der Waals surface area (Å²) in [6.45, 7) is 5.92. The number of fused-ring (bicyclic) bond motifs is 1. The number of nitrogens with one attached hydrogen (secondary N) is 1. The van der Waals surface area contributed by atoms with Crippen molar-refractivity contribution in [2.24, 2.45) is 0 Å². The van der Waals surface area contributed by atoms with Gasteiger partial charge in [-0.25, -0.2) is 14.8 Å². The van der Waals surface area contributed by atoms with Crippen LogP contribution in [-0.2, 0) is 0 Å². The van der Waals surface area contributed by atoms with Crippen LogP contribution in [0.4, 0.5) is 22.2 Å². The van der Waals surface area contributed by atoms with E-state index in [1.54, 1.807) is 5.51 Å². The molecule has 0 radical (unpaired) electrons. The van der Waals surface area contributed by atoms with Crippen LogP contribution >= 0.6 is 11.3 Å². The summed E-state index contributed by atoms with van der Waals surface area (Å²) in [5.41, 5.74) is 10.3. The number of aromatic nitrogens is 3. The number of hydrogen-bond donors (Lipinski definition) is 2. The minimum Gasteiger partial charge on any atom is -0.368 e. The van der Waals surface area contributed by atoms with Gasteiger partial charge in [0.2, 0.25) is 5.95 Å². The lowest BCUT2D eigenvalue weighted by atomic mass is 10.2. The average Bonchev–Trinajstić information content (AvgIpc) is 3.09. The Morgan fingerprint density at radius 1 is 1.33 bits per heavy atom. The van der Waals surface area contributed by atoms with E-state index in [-0.39, 0.29) is 18.0 Å². The van der Waals surface area contributed by atoms with Gasteiger partial charge in [0, 0.05) is 31.4 Å². The third-order valence-corrected chi connectivity index (χ3v) is 5.37. The average molecular weight is 383 g/mol. The Morgan fingerprint density at radius 2 is 2.19 bits per heavy atom. The lowest BCUT2D eigenvalue weighted by molar-refractivity contribution is 0.200. The van der Waals surface area contributed by atoms with Crippen LogP contribution in [-0.4, -0.2) is 51.6 Å². The third-order valence-electron chi connectivity index (χ3n) is 4.65. The van der Waals surface area contributed by atoms with Crippen molar-refractivity contribution in [1.82, 2.24) is 19.9 Å². The zero-order chi connectivity index (χ0) is 19.0. The minimum atomic E-state index is -0.0897. The van der Waals surface area contributed by atoms with Crippen molar-refractivity contribution in [2.45, 2.75) is 19.9 Å². The molecule has 3 aromatic rings. The molecule has 3 N–H and O–H groups in total. The lowest BCUT2D eigenvalue weighted by Crippen LogP contribution is -2.55. The summed E-state index contributed by atoms with van der Waals surface area (Å²) in [5, 5.41) is 2.97. The summed E-state index contributed by atoms with van der Waals surface area (Å²) in [6, 6.07) is 7.79. The first kappa shape index (κ1) is 17.5. The Bertz CT molecular complexity index is 989. The van der Waals surface area contributed by atoms with Gasteiger partial charge in [0.25, 0.3) is 0 Å². The number of anilines is 3. The molecular formula is C18H21N7OS. The monoisotopic (exact) mass is 383 g/mol. The number of benzene rings is 1. The van der Waals surface area contributed by atoms with E-state index in [1.165, 1.54) is 11.3 Å². The predicted octanol–water partition coefficient (Wildman–Crippen LogP) is 2.72. The first-order chi connectivity index (χ1) is 13.0. The molecule has 3 heterocycles. The van der Waals surface area contributed by atoms with Gasteiger partial charge in [0.1, 0.15) is 5.52 Å². The van der Waals surface area contributed by atoms with Crippen molar-refractivity contribution >= 4 is 45.2 Å². The number of rotatable bonds is 2. The van der Waals surface area contributed by atoms with Crippen molar-refractivity contribution in [3.63, 3.8) is 0 Å². The molecule has 8 nitrogen and oxygen atoms in total. The van der Waals surface area contributed by atoms with Crippen molar-refractivity contribution < 1.29 is 4.79 Å². The maximum absolute atomic E-state index is 12.6. The molecule has 0 aliphatic carbocycles. The van der Waals surface area contributed by atoms with E-state index in [2.05, 4.69) is 32.1 Å². The zero-order valence-electron chi connectivity index (χ0n) is 15.2. The van der Waals surface area contributed by atoms with Crippen molar-refractivity contribution in [3.05, 3.63) is 35.3 Å². The number of thiazole rings is 1.